The number of allylic oxidation sites excluding steroid dienone is 2. The highest BCUT2D eigenvalue weighted by Gasteiger charge is 2.45. The first kappa shape index (κ1) is 6.77. The van der Waals surface area contributed by atoms with Crippen LogP contribution in [0, 0.1) is 23.7 Å². The van der Waals surface area contributed by atoms with Crippen molar-refractivity contribution < 1.29 is 9.59 Å². The first-order valence-electron chi connectivity index (χ1n) is 3.80. The van der Waals surface area contributed by atoms with E-state index in [-0.39, 0.29) is 23.7 Å². The van der Waals surface area contributed by atoms with Gasteiger partial charge in [0.15, 0.2) is 0 Å². The van der Waals surface area contributed by atoms with E-state index in [0.29, 0.717) is 0 Å². The maximum absolute atomic E-state index is 10.4. The van der Waals surface area contributed by atoms with Crippen molar-refractivity contribution in [3.8, 4) is 0 Å². The molecule has 2 radical (unpaired) electrons. The predicted molar refractivity (Wildman–Crippen MR) is 39.1 cm³/mol. The van der Waals surface area contributed by atoms with E-state index in [9.17, 15) is 9.59 Å². The van der Waals surface area contributed by atoms with Crippen LogP contribution in [0.15, 0.2) is 12.2 Å². The molecule has 2 nitrogen and oxygen atoms in total. The van der Waals surface area contributed by atoms with Gasteiger partial charge in [-0.2, -0.15) is 0 Å². The van der Waals surface area contributed by atoms with Crippen molar-refractivity contribution in [2.45, 2.75) is 6.42 Å². The minimum atomic E-state index is -0.206. The van der Waals surface area contributed by atoms with E-state index < -0.39 is 0 Å². The number of rotatable bonds is 2. The Morgan fingerprint density at radius 3 is 1.82 bits per heavy atom. The number of hydrogen-bond acceptors (Lipinski definition) is 2. The van der Waals surface area contributed by atoms with Crippen molar-refractivity contribution in [2.75, 3.05) is 0 Å². The largest absolute Gasteiger partial charge is 0.291 e. The summed E-state index contributed by atoms with van der Waals surface area (Å²) in [4.78, 5) is 20.9. The van der Waals surface area contributed by atoms with Crippen molar-refractivity contribution in [3.05, 3.63) is 12.2 Å². The molecular weight excluding hydrogens is 140 g/mol. The molecule has 0 spiro atoms. The lowest BCUT2D eigenvalue weighted by Gasteiger charge is -2.15. The number of carbonyl (C=O) groups excluding carboxylic acids is 2. The zero-order chi connectivity index (χ0) is 7.84. The second-order valence-corrected chi connectivity index (χ2v) is 3.24. The van der Waals surface area contributed by atoms with Crippen molar-refractivity contribution in [2.24, 2.45) is 23.7 Å². The molecule has 2 bridgehead atoms. The highest BCUT2D eigenvalue weighted by Crippen LogP contribution is 2.45. The van der Waals surface area contributed by atoms with Crippen LogP contribution in [0.2, 0.25) is 0 Å². The molecule has 2 aliphatic carbocycles. The third kappa shape index (κ3) is 0.785. The van der Waals surface area contributed by atoms with Gasteiger partial charge in [0.25, 0.3) is 0 Å². The van der Waals surface area contributed by atoms with Crippen LogP contribution in [-0.4, -0.2) is 12.6 Å². The van der Waals surface area contributed by atoms with Crippen molar-refractivity contribution in [1.29, 1.82) is 0 Å². The quantitative estimate of drug-likeness (QED) is 0.538. The fraction of sp³-hybridized carbons (Fsp3) is 0.556. The molecule has 1 saturated carbocycles. The van der Waals surface area contributed by atoms with E-state index in [1.54, 1.807) is 0 Å². The molecule has 4 atom stereocenters. The molecule has 0 heterocycles. The molecule has 0 aromatic carbocycles. The normalized spacial score (nSPS) is 46.2. The third-order valence-corrected chi connectivity index (χ3v) is 2.73. The van der Waals surface area contributed by atoms with Crippen LogP contribution in [0.4, 0.5) is 0 Å². The van der Waals surface area contributed by atoms with Gasteiger partial charge in [0.2, 0.25) is 12.6 Å². The predicted octanol–water partition coefficient (Wildman–Crippen LogP) is 0.644. The summed E-state index contributed by atoms with van der Waals surface area (Å²) in [6.45, 7) is 0. The zero-order valence-electron chi connectivity index (χ0n) is 5.99. The van der Waals surface area contributed by atoms with Crippen molar-refractivity contribution in [1.82, 2.24) is 0 Å². The van der Waals surface area contributed by atoms with Crippen LogP contribution in [0.3, 0.4) is 0 Å². The lowest BCUT2D eigenvalue weighted by atomic mass is 9.85. The average molecular weight is 148 g/mol. The van der Waals surface area contributed by atoms with Crippen LogP contribution < -0.4 is 0 Å². The van der Waals surface area contributed by atoms with E-state index in [0.717, 1.165) is 6.42 Å². The summed E-state index contributed by atoms with van der Waals surface area (Å²) < 4.78 is 0. The summed E-state index contributed by atoms with van der Waals surface area (Å²) in [7, 11) is 0. The van der Waals surface area contributed by atoms with E-state index in [1.165, 1.54) is 0 Å². The minimum Gasteiger partial charge on any atom is -0.291 e. The van der Waals surface area contributed by atoms with Gasteiger partial charge < -0.3 is 0 Å². The van der Waals surface area contributed by atoms with Crippen LogP contribution in [-0.2, 0) is 9.59 Å². The molecule has 4 unspecified atom stereocenters. The SMILES string of the molecule is O=[C]C1C2C=CC(C2)C1[C]=O. The fourth-order valence-electron chi connectivity index (χ4n) is 2.14. The second kappa shape index (κ2) is 2.29. The maximum Gasteiger partial charge on any atom is 0.203 e. The lowest BCUT2D eigenvalue weighted by molar-refractivity contribution is 0.427. The standard InChI is InChI=1S/C9H8O2/c10-4-8-6-1-2-7(3-6)9(8)5-11/h1-2,6-9H,3H2. The molecule has 2 heteroatoms. The van der Waals surface area contributed by atoms with Gasteiger partial charge in [0, 0.05) is 11.8 Å². The van der Waals surface area contributed by atoms with Gasteiger partial charge in [0.1, 0.15) is 0 Å². The van der Waals surface area contributed by atoms with Crippen molar-refractivity contribution >= 4 is 12.6 Å². The highest BCUT2D eigenvalue weighted by molar-refractivity contribution is 5.69. The van der Waals surface area contributed by atoms with Crippen LogP contribution in [0.5, 0.6) is 0 Å². The molecule has 11 heavy (non-hydrogen) atoms. The molecule has 0 saturated heterocycles. The Morgan fingerprint density at radius 1 is 1.00 bits per heavy atom. The molecule has 0 aromatic heterocycles. The summed E-state index contributed by atoms with van der Waals surface area (Å²) in [6.07, 6.45) is 8.85. The second-order valence-electron chi connectivity index (χ2n) is 3.24. The van der Waals surface area contributed by atoms with Gasteiger partial charge in [0.05, 0.1) is 0 Å². The molecule has 2 aliphatic rings. The summed E-state index contributed by atoms with van der Waals surface area (Å²) >= 11 is 0. The molecule has 0 N–H and O–H groups in total. The van der Waals surface area contributed by atoms with Crippen LogP contribution in [0.25, 0.3) is 0 Å². The maximum atomic E-state index is 10.4. The molecular formula is C9H8O2. The van der Waals surface area contributed by atoms with Gasteiger partial charge in [-0.15, -0.1) is 0 Å². The highest BCUT2D eigenvalue weighted by atomic mass is 16.1. The van der Waals surface area contributed by atoms with Gasteiger partial charge in [-0.05, 0) is 18.3 Å². The average Bonchev–Trinajstić information content (AvgIpc) is 2.60. The first-order chi connectivity index (χ1) is 5.36. The summed E-state index contributed by atoms with van der Waals surface area (Å²) in [6, 6.07) is 0. The Morgan fingerprint density at radius 2 is 1.45 bits per heavy atom. The van der Waals surface area contributed by atoms with Gasteiger partial charge >= 0.3 is 0 Å². The van der Waals surface area contributed by atoms with E-state index in [2.05, 4.69) is 0 Å². The molecule has 0 aliphatic heterocycles. The monoisotopic (exact) mass is 148 g/mol. The number of fused-ring (bicyclic) bond motifs is 2. The molecule has 2 rings (SSSR count). The van der Waals surface area contributed by atoms with Gasteiger partial charge in [-0.3, -0.25) is 9.59 Å². The minimum absolute atomic E-state index is 0.206. The molecule has 1 fully saturated rings. The van der Waals surface area contributed by atoms with Crippen molar-refractivity contribution in [3.63, 3.8) is 0 Å². The zero-order valence-corrected chi connectivity index (χ0v) is 5.99. The first-order valence-corrected chi connectivity index (χ1v) is 3.80. The number of hydrogen-bond donors (Lipinski definition) is 0. The Bertz CT molecular complexity index is 198. The Kier molecular flexibility index (Phi) is 1.41. The summed E-state index contributed by atoms with van der Waals surface area (Å²) in [5.41, 5.74) is 0. The third-order valence-electron chi connectivity index (χ3n) is 2.73. The molecule has 56 valence electrons. The Hall–Kier alpha value is -0.920. The van der Waals surface area contributed by atoms with Crippen LogP contribution >= 0.6 is 0 Å². The molecule has 0 aromatic rings. The van der Waals surface area contributed by atoms with Crippen LogP contribution in [0.1, 0.15) is 6.42 Å². The summed E-state index contributed by atoms with van der Waals surface area (Å²) in [5.74, 6) is 0.123. The fourth-order valence-corrected chi connectivity index (χ4v) is 2.14. The Balaban J connectivity index is 2.27. The van der Waals surface area contributed by atoms with Gasteiger partial charge in [-0.1, -0.05) is 12.2 Å². The lowest BCUT2D eigenvalue weighted by Crippen LogP contribution is -2.21. The topological polar surface area (TPSA) is 34.1 Å². The summed E-state index contributed by atoms with van der Waals surface area (Å²) in [5, 5.41) is 0. The molecule has 0 amide bonds. The smallest absolute Gasteiger partial charge is 0.203 e. The van der Waals surface area contributed by atoms with E-state index >= 15 is 0 Å². The Labute approximate surface area is 65.3 Å². The van der Waals surface area contributed by atoms with E-state index in [1.807, 2.05) is 24.7 Å². The van der Waals surface area contributed by atoms with E-state index in [4.69, 9.17) is 0 Å². The van der Waals surface area contributed by atoms with Gasteiger partial charge in [-0.25, -0.2) is 0 Å².